The summed E-state index contributed by atoms with van der Waals surface area (Å²) >= 11 is 0. The Bertz CT molecular complexity index is 332. The Kier molecular flexibility index (Phi) is 6.97. The molecule has 0 amide bonds. The first-order valence-corrected chi connectivity index (χ1v) is 7.77. The number of ether oxygens (including phenoxy) is 1. The topological polar surface area (TPSA) is 9.23 Å². The lowest BCUT2D eigenvalue weighted by atomic mass is 9.87. The first-order chi connectivity index (χ1) is 9.04. The van der Waals surface area contributed by atoms with Crippen molar-refractivity contribution in [3.05, 3.63) is 29.8 Å². The maximum absolute atomic E-state index is 5.78. The summed E-state index contributed by atoms with van der Waals surface area (Å²) in [4.78, 5) is 0. The van der Waals surface area contributed by atoms with Crippen molar-refractivity contribution < 1.29 is 4.74 Å². The van der Waals surface area contributed by atoms with Crippen LogP contribution in [0, 0.1) is 0 Å². The molecule has 0 bridgehead atoms. The van der Waals surface area contributed by atoms with Crippen molar-refractivity contribution in [1.82, 2.24) is 0 Å². The van der Waals surface area contributed by atoms with Gasteiger partial charge in [-0.05, 0) is 29.5 Å². The van der Waals surface area contributed by atoms with Crippen molar-refractivity contribution >= 4 is 0 Å². The number of hydrogen-bond acceptors (Lipinski definition) is 1. The highest BCUT2D eigenvalue weighted by atomic mass is 16.5. The average molecular weight is 262 g/mol. The second kappa shape index (κ2) is 8.24. The summed E-state index contributed by atoms with van der Waals surface area (Å²) in [5.41, 5.74) is 1.58. The average Bonchev–Trinajstić information content (AvgIpc) is 2.37. The molecule has 0 aromatic heterocycles. The molecule has 1 rings (SSSR count). The van der Waals surface area contributed by atoms with E-state index in [1.54, 1.807) is 0 Å². The smallest absolute Gasteiger partial charge is 0.119 e. The first kappa shape index (κ1) is 16.1. The molecule has 19 heavy (non-hydrogen) atoms. The van der Waals surface area contributed by atoms with Gasteiger partial charge in [0.15, 0.2) is 0 Å². The van der Waals surface area contributed by atoms with Crippen LogP contribution in [0.2, 0.25) is 0 Å². The van der Waals surface area contributed by atoms with Gasteiger partial charge in [0, 0.05) is 0 Å². The molecule has 0 spiro atoms. The van der Waals surface area contributed by atoms with Crippen molar-refractivity contribution in [3.63, 3.8) is 0 Å². The van der Waals surface area contributed by atoms with Gasteiger partial charge < -0.3 is 4.74 Å². The van der Waals surface area contributed by atoms with E-state index in [4.69, 9.17) is 4.74 Å². The van der Waals surface area contributed by atoms with Crippen LogP contribution in [0.1, 0.15) is 71.8 Å². The van der Waals surface area contributed by atoms with Crippen LogP contribution in [-0.4, -0.2) is 6.61 Å². The molecule has 0 aliphatic heterocycles. The third-order valence-electron chi connectivity index (χ3n) is 3.49. The van der Waals surface area contributed by atoms with Crippen molar-refractivity contribution in [2.45, 2.75) is 71.6 Å². The fourth-order valence-corrected chi connectivity index (χ4v) is 2.12. The van der Waals surface area contributed by atoms with Crippen LogP contribution in [0.4, 0.5) is 0 Å². The van der Waals surface area contributed by atoms with E-state index in [-0.39, 0.29) is 5.41 Å². The van der Waals surface area contributed by atoms with Gasteiger partial charge in [0.05, 0.1) is 6.61 Å². The molecule has 0 radical (unpaired) electrons. The molecule has 0 unspecified atom stereocenters. The van der Waals surface area contributed by atoms with E-state index in [2.05, 4.69) is 52.0 Å². The van der Waals surface area contributed by atoms with Gasteiger partial charge in [-0.2, -0.15) is 0 Å². The lowest BCUT2D eigenvalue weighted by Gasteiger charge is -2.19. The first-order valence-electron chi connectivity index (χ1n) is 7.77. The molecular formula is C18H30O. The maximum Gasteiger partial charge on any atom is 0.119 e. The van der Waals surface area contributed by atoms with E-state index in [0.717, 1.165) is 12.4 Å². The lowest BCUT2D eigenvalue weighted by Crippen LogP contribution is -2.10. The highest BCUT2D eigenvalue weighted by Gasteiger charge is 2.12. The van der Waals surface area contributed by atoms with Crippen molar-refractivity contribution in [2.24, 2.45) is 0 Å². The number of benzene rings is 1. The summed E-state index contributed by atoms with van der Waals surface area (Å²) in [6.07, 6.45) is 7.87. The Hall–Kier alpha value is -0.980. The lowest BCUT2D eigenvalue weighted by molar-refractivity contribution is 0.304. The number of unbranched alkanes of at least 4 members (excludes halogenated alkanes) is 5. The third-order valence-corrected chi connectivity index (χ3v) is 3.49. The second-order valence-corrected chi connectivity index (χ2v) is 6.39. The van der Waals surface area contributed by atoms with Crippen molar-refractivity contribution in [1.29, 1.82) is 0 Å². The van der Waals surface area contributed by atoms with Crippen molar-refractivity contribution in [3.8, 4) is 5.75 Å². The summed E-state index contributed by atoms with van der Waals surface area (Å²) in [6, 6.07) is 8.54. The Morgan fingerprint density at radius 2 is 1.42 bits per heavy atom. The highest BCUT2D eigenvalue weighted by Crippen LogP contribution is 2.24. The van der Waals surface area contributed by atoms with E-state index >= 15 is 0 Å². The minimum atomic E-state index is 0.220. The van der Waals surface area contributed by atoms with Gasteiger partial charge in [-0.1, -0.05) is 71.9 Å². The molecule has 0 saturated carbocycles. The van der Waals surface area contributed by atoms with Crippen LogP contribution in [0.5, 0.6) is 5.75 Å². The van der Waals surface area contributed by atoms with E-state index < -0.39 is 0 Å². The van der Waals surface area contributed by atoms with Crippen molar-refractivity contribution in [2.75, 3.05) is 6.61 Å². The predicted molar refractivity (Wildman–Crippen MR) is 84.0 cm³/mol. The Morgan fingerprint density at radius 3 is 2.00 bits per heavy atom. The van der Waals surface area contributed by atoms with Crippen LogP contribution < -0.4 is 4.74 Å². The molecule has 0 heterocycles. The minimum Gasteiger partial charge on any atom is -0.494 e. The zero-order valence-electron chi connectivity index (χ0n) is 13.2. The van der Waals surface area contributed by atoms with Crippen LogP contribution in [-0.2, 0) is 5.41 Å². The zero-order chi connectivity index (χ0) is 14.1. The Balaban J connectivity index is 2.20. The zero-order valence-corrected chi connectivity index (χ0v) is 13.2. The summed E-state index contributed by atoms with van der Waals surface area (Å²) < 4.78 is 5.78. The molecular weight excluding hydrogens is 232 g/mol. The molecule has 0 aliphatic rings. The van der Waals surface area contributed by atoms with Crippen LogP contribution >= 0.6 is 0 Å². The quantitative estimate of drug-likeness (QED) is 0.544. The van der Waals surface area contributed by atoms with Gasteiger partial charge in [-0.15, -0.1) is 0 Å². The molecule has 0 atom stereocenters. The van der Waals surface area contributed by atoms with Gasteiger partial charge in [0.25, 0.3) is 0 Å². The van der Waals surface area contributed by atoms with Gasteiger partial charge in [0.1, 0.15) is 5.75 Å². The fourth-order valence-electron chi connectivity index (χ4n) is 2.12. The molecule has 1 heteroatoms. The summed E-state index contributed by atoms with van der Waals surface area (Å²) in [5, 5.41) is 0. The largest absolute Gasteiger partial charge is 0.494 e. The maximum atomic E-state index is 5.78. The Morgan fingerprint density at radius 1 is 0.842 bits per heavy atom. The van der Waals surface area contributed by atoms with Crippen LogP contribution in [0.25, 0.3) is 0 Å². The van der Waals surface area contributed by atoms with Gasteiger partial charge >= 0.3 is 0 Å². The van der Waals surface area contributed by atoms with Gasteiger partial charge in [0.2, 0.25) is 0 Å². The summed E-state index contributed by atoms with van der Waals surface area (Å²) in [6.45, 7) is 9.81. The molecule has 0 aliphatic carbocycles. The molecule has 0 saturated heterocycles. The third kappa shape index (κ3) is 6.66. The molecule has 108 valence electrons. The number of rotatable bonds is 8. The monoisotopic (exact) mass is 262 g/mol. The van der Waals surface area contributed by atoms with Crippen LogP contribution in [0.15, 0.2) is 24.3 Å². The second-order valence-electron chi connectivity index (χ2n) is 6.39. The normalized spacial score (nSPS) is 11.6. The fraction of sp³-hybridized carbons (Fsp3) is 0.667. The predicted octanol–water partition coefficient (Wildman–Crippen LogP) is 5.72. The SMILES string of the molecule is CCCCCCCCOc1ccc(C(C)(C)C)cc1. The van der Waals surface area contributed by atoms with Gasteiger partial charge in [-0.3, -0.25) is 0 Å². The van der Waals surface area contributed by atoms with E-state index in [1.807, 2.05) is 0 Å². The molecule has 0 fully saturated rings. The molecule has 0 N–H and O–H groups in total. The van der Waals surface area contributed by atoms with E-state index in [9.17, 15) is 0 Å². The van der Waals surface area contributed by atoms with Gasteiger partial charge in [-0.25, -0.2) is 0 Å². The summed E-state index contributed by atoms with van der Waals surface area (Å²) in [7, 11) is 0. The highest BCUT2D eigenvalue weighted by molar-refractivity contribution is 5.31. The van der Waals surface area contributed by atoms with E-state index in [1.165, 1.54) is 44.1 Å². The summed E-state index contributed by atoms with van der Waals surface area (Å²) in [5.74, 6) is 1.00. The van der Waals surface area contributed by atoms with Crippen LogP contribution in [0.3, 0.4) is 0 Å². The number of hydrogen-bond donors (Lipinski definition) is 0. The standard InChI is InChI=1S/C18H30O/c1-5-6-7-8-9-10-15-19-17-13-11-16(12-14-17)18(2,3)4/h11-14H,5-10,15H2,1-4H3. The Labute approximate surface area is 119 Å². The molecule has 1 aromatic rings. The minimum absolute atomic E-state index is 0.220. The molecule has 1 aromatic carbocycles. The van der Waals surface area contributed by atoms with E-state index in [0.29, 0.717) is 0 Å². The molecule has 1 nitrogen and oxygen atoms in total.